The zero-order chi connectivity index (χ0) is 25.4. The van der Waals surface area contributed by atoms with Crippen LogP contribution in [0.4, 0.5) is 11.4 Å². The van der Waals surface area contributed by atoms with E-state index in [4.69, 9.17) is 27.9 Å². The fourth-order valence-electron chi connectivity index (χ4n) is 4.00. The van der Waals surface area contributed by atoms with Gasteiger partial charge >= 0.3 is 5.97 Å². The molecule has 1 aliphatic heterocycles. The molecule has 5 rings (SSSR count). The molecule has 0 aromatic heterocycles. The van der Waals surface area contributed by atoms with E-state index in [0.29, 0.717) is 32.9 Å². The lowest BCUT2D eigenvalue weighted by Gasteiger charge is -2.27. The van der Waals surface area contributed by atoms with Crippen LogP contribution in [0.3, 0.4) is 0 Å². The number of rotatable bonds is 5. The van der Waals surface area contributed by atoms with E-state index in [2.05, 4.69) is 5.32 Å². The lowest BCUT2D eigenvalue weighted by Crippen LogP contribution is -2.40. The van der Waals surface area contributed by atoms with Gasteiger partial charge in [-0.1, -0.05) is 47.5 Å². The van der Waals surface area contributed by atoms with Crippen LogP contribution in [0.25, 0.3) is 10.8 Å². The summed E-state index contributed by atoms with van der Waals surface area (Å²) in [5, 5.41) is 4.62. The van der Waals surface area contributed by atoms with Crippen molar-refractivity contribution in [2.45, 2.75) is 0 Å². The van der Waals surface area contributed by atoms with Gasteiger partial charge in [-0.3, -0.25) is 14.4 Å². The van der Waals surface area contributed by atoms with Crippen molar-refractivity contribution >= 4 is 69.0 Å². The SMILES string of the molecule is O=C(COC(=O)c1ccc(N2C(=O)c3cccc4cccc(c34)C2=O)cc1)Nc1ccc(Cl)c(Cl)c1. The summed E-state index contributed by atoms with van der Waals surface area (Å²) < 4.78 is 5.07. The predicted octanol–water partition coefficient (Wildman–Crippen LogP) is 5.74. The second kappa shape index (κ2) is 9.45. The van der Waals surface area contributed by atoms with Crippen molar-refractivity contribution < 1.29 is 23.9 Å². The molecule has 4 aromatic carbocycles. The van der Waals surface area contributed by atoms with Gasteiger partial charge < -0.3 is 10.1 Å². The Bertz CT molecular complexity index is 1520. The average Bonchev–Trinajstić information content (AvgIpc) is 2.88. The number of anilines is 2. The first-order chi connectivity index (χ1) is 17.3. The third kappa shape index (κ3) is 4.30. The maximum absolute atomic E-state index is 13.2. The van der Waals surface area contributed by atoms with Crippen molar-refractivity contribution in [3.05, 3.63) is 106 Å². The quantitative estimate of drug-likeness (QED) is 0.268. The Morgan fingerprint density at radius 1 is 0.806 bits per heavy atom. The number of carbonyl (C=O) groups excluding carboxylic acids is 4. The molecule has 0 fully saturated rings. The molecule has 0 radical (unpaired) electrons. The van der Waals surface area contributed by atoms with E-state index >= 15 is 0 Å². The second-order valence-electron chi connectivity index (χ2n) is 7.96. The minimum absolute atomic E-state index is 0.153. The lowest BCUT2D eigenvalue weighted by atomic mass is 9.94. The zero-order valence-corrected chi connectivity index (χ0v) is 20.0. The number of esters is 1. The van der Waals surface area contributed by atoms with E-state index in [1.54, 1.807) is 30.3 Å². The van der Waals surface area contributed by atoms with Crippen LogP contribution >= 0.6 is 23.2 Å². The Kier molecular flexibility index (Phi) is 6.18. The number of nitrogens with one attached hydrogen (secondary N) is 1. The highest BCUT2D eigenvalue weighted by atomic mass is 35.5. The van der Waals surface area contributed by atoms with Gasteiger partial charge in [-0.25, -0.2) is 9.69 Å². The van der Waals surface area contributed by atoms with Crippen LogP contribution in [-0.2, 0) is 9.53 Å². The van der Waals surface area contributed by atoms with Gasteiger partial charge in [0, 0.05) is 22.2 Å². The van der Waals surface area contributed by atoms with E-state index in [-0.39, 0.29) is 10.6 Å². The summed E-state index contributed by atoms with van der Waals surface area (Å²) in [6.07, 6.45) is 0. The summed E-state index contributed by atoms with van der Waals surface area (Å²) in [5.41, 5.74) is 1.73. The molecule has 0 saturated carbocycles. The molecule has 36 heavy (non-hydrogen) atoms. The summed E-state index contributed by atoms with van der Waals surface area (Å²) in [5.74, 6) is -2.19. The van der Waals surface area contributed by atoms with Crippen LogP contribution in [0.15, 0.2) is 78.9 Å². The molecule has 0 aliphatic carbocycles. The van der Waals surface area contributed by atoms with Gasteiger partial charge in [0.1, 0.15) is 0 Å². The van der Waals surface area contributed by atoms with Gasteiger partial charge in [0.15, 0.2) is 6.61 Å². The summed E-state index contributed by atoms with van der Waals surface area (Å²) >= 11 is 11.8. The Morgan fingerprint density at radius 3 is 2.06 bits per heavy atom. The predicted molar refractivity (Wildman–Crippen MR) is 137 cm³/mol. The molecule has 0 unspecified atom stereocenters. The molecule has 4 aromatic rings. The average molecular weight is 519 g/mol. The molecule has 0 saturated heterocycles. The Balaban J connectivity index is 1.28. The zero-order valence-electron chi connectivity index (χ0n) is 18.5. The summed E-state index contributed by atoms with van der Waals surface area (Å²) in [4.78, 5) is 51.9. The van der Waals surface area contributed by atoms with Gasteiger partial charge in [-0.2, -0.15) is 0 Å². The number of hydrogen-bond donors (Lipinski definition) is 1. The maximum atomic E-state index is 13.2. The molecule has 1 N–H and O–H groups in total. The highest BCUT2D eigenvalue weighted by Gasteiger charge is 2.33. The van der Waals surface area contributed by atoms with Crippen molar-refractivity contribution in [3.63, 3.8) is 0 Å². The van der Waals surface area contributed by atoms with Gasteiger partial charge in [-0.05, 0) is 60.0 Å². The summed E-state index contributed by atoms with van der Waals surface area (Å²) in [6, 6.07) is 21.0. The highest BCUT2D eigenvalue weighted by molar-refractivity contribution is 6.42. The minimum atomic E-state index is -0.739. The monoisotopic (exact) mass is 518 g/mol. The van der Waals surface area contributed by atoms with Crippen molar-refractivity contribution in [1.29, 1.82) is 0 Å². The van der Waals surface area contributed by atoms with Gasteiger partial charge in [-0.15, -0.1) is 0 Å². The highest BCUT2D eigenvalue weighted by Crippen LogP contribution is 2.33. The molecule has 1 aliphatic rings. The van der Waals surface area contributed by atoms with Gasteiger partial charge in [0.25, 0.3) is 17.7 Å². The van der Waals surface area contributed by atoms with E-state index in [1.807, 2.05) is 12.1 Å². The van der Waals surface area contributed by atoms with Crippen LogP contribution in [0, 0.1) is 0 Å². The molecular formula is C27H16Cl2N2O5. The second-order valence-corrected chi connectivity index (χ2v) is 8.77. The van der Waals surface area contributed by atoms with E-state index < -0.39 is 30.3 Å². The Hall–Kier alpha value is -4.20. The number of amides is 3. The minimum Gasteiger partial charge on any atom is -0.452 e. The van der Waals surface area contributed by atoms with Crippen molar-refractivity contribution in [1.82, 2.24) is 0 Å². The van der Waals surface area contributed by atoms with Crippen LogP contribution < -0.4 is 10.2 Å². The number of ether oxygens (including phenoxy) is 1. The van der Waals surface area contributed by atoms with Crippen molar-refractivity contribution in [3.8, 4) is 0 Å². The number of hydrogen-bond acceptors (Lipinski definition) is 5. The van der Waals surface area contributed by atoms with E-state index in [9.17, 15) is 19.2 Å². The van der Waals surface area contributed by atoms with Crippen LogP contribution in [-0.4, -0.2) is 30.3 Å². The molecule has 0 bridgehead atoms. The summed E-state index contributed by atoms with van der Waals surface area (Å²) in [7, 11) is 0. The molecule has 7 nitrogen and oxygen atoms in total. The fourth-order valence-corrected chi connectivity index (χ4v) is 4.30. The van der Waals surface area contributed by atoms with Crippen LogP contribution in [0.2, 0.25) is 10.0 Å². The maximum Gasteiger partial charge on any atom is 0.338 e. The Labute approximate surface area is 215 Å². The first-order valence-electron chi connectivity index (χ1n) is 10.8. The number of halogens is 2. The third-order valence-electron chi connectivity index (χ3n) is 5.67. The number of imide groups is 1. The third-order valence-corrected chi connectivity index (χ3v) is 6.41. The molecule has 3 amide bonds. The molecule has 1 heterocycles. The van der Waals surface area contributed by atoms with Crippen LogP contribution in [0.5, 0.6) is 0 Å². The summed E-state index contributed by atoms with van der Waals surface area (Å²) in [6.45, 7) is -0.523. The van der Waals surface area contributed by atoms with Gasteiger partial charge in [0.2, 0.25) is 0 Å². The smallest absolute Gasteiger partial charge is 0.338 e. The van der Waals surface area contributed by atoms with Gasteiger partial charge in [0.05, 0.1) is 21.3 Å². The fraction of sp³-hybridized carbons (Fsp3) is 0.0370. The first kappa shape index (κ1) is 23.5. The molecule has 0 spiro atoms. The lowest BCUT2D eigenvalue weighted by molar-refractivity contribution is -0.119. The molecule has 9 heteroatoms. The number of nitrogens with zero attached hydrogens (tertiary/aromatic N) is 1. The topological polar surface area (TPSA) is 92.8 Å². The molecule has 0 atom stereocenters. The van der Waals surface area contributed by atoms with Crippen molar-refractivity contribution in [2.24, 2.45) is 0 Å². The first-order valence-corrected chi connectivity index (χ1v) is 11.5. The molecular weight excluding hydrogens is 503 g/mol. The van der Waals surface area contributed by atoms with Crippen LogP contribution in [0.1, 0.15) is 31.1 Å². The Morgan fingerprint density at radius 2 is 1.44 bits per heavy atom. The number of benzene rings is 4. The number of carbonyl (C=O) groups is 4. The normalized spacial score (nSPS) is 12.6. The molecule has 178 valence electrons. The van der Waals surface area contributed by atoms with E-state index in [1.165, 1.54) is 36.4 Å². The van der Waals surface area contributed by atoms with Crippen molar-refractivity contribution in [2.75, 3.05) is 16.8 Å². The largest absolute Gasteiger partial charge is 0.452 e. The van der Waals surface area contributed by atoms with E-state index in [0.717, 1.165) is 10.3 Å². The standard InChI is InChI=1S/C27H16Cl2N2O5/c28-21-12-9-17(13-22(21)29)30-23(32)14-36-27(35)16-7-10-18(11-8-16)31-25(33)19-5-1-3-15-4-2-6-20(24(15)19)26(31)34/h1-13H,14H2,(H,30,32).